The normalized spacial score (nSPS) is 13.2. The Hall–Kier alpha value is 0.660. The summed E-state index contributed by atoms with van der Waals surface area (Å²) in [6.07, 6.45) is 3.62. The van der Waals surface area contributed by atoms with Crippen LogP contribution < -0.4 is 0 Å². The van der Waals surface area contributed by atoms with Crippen molar-refractivity contribution in [3.63, 3.8) is 0 Å². The predicted octanol–water partition coefficient (Wildman–Crippen LogP) is 5.11. The molecule has 0 aliphatic heterocycles. The van der Waals surface area contributed by atoms with Crippen LogP contribution in [0.25, 0.3) is 0 Å². The Morgan fingerprint density at radius 3 is 2.07 bits per heavy atom. The third-order valence-electron chi connectivity index (χ3n) is 1.97. The van der Waals surface area contributed by atoms with Crippen molar-refractivity contribution in [2.24, 2.45) is 0 Å². The van der Waals surface area contributed by atoms with E-state index in [2.05, 4.69) is 41.5 Å². The Morgan fingerprint density at radius 1 is 1.00 bits per heavy atom. The van der Waals surface area contributed by atoms with Gasteiger partial charge in [0, 0.05) is 4.75 Å². The van der Waals surface area contributed by atoms with Crippen molar-refractivity contribution in [1.29, 1.82) is 0 Å². The molecular weight excluding hydrogens is 224 g/mol. The van der Waals surface area contributed by atoms with E-state index in [0.717, 1.165) is 0 Å². The minimum absolute atomic E-state index is 0.0638. The molecule has 0 aliphatic carbocycles. The SMILES string of the molecule is CCCSC(C)(C)OSC(C)(C)CCC. The second kappa shape index (κ2) is 7.08. The minimum atomic E-state index is -0.0638. The topological polar surface area (TPSA) is 9.23 Å². The van der Waals surface area contributed by atoms with Crippen LogP contribution in [-0.2, 0) is 4.18 Å². The number of hydrogen-bond donors (Lipinski definition) is 0. The fourth-order valence-corrected chi connectivity index (χ4v) is 2.93. The first kappa shape index (κ1) is 15.7. The molecule has 0 N–H and O–H groups in total. The third kappa shape index (κ3) is 8.47. The summed E-state index contributed by atoms with van der Waals surface area (Å²) in [4.78, 5) is -0.0638. The maximum Gasteiger partial charge on any atom is 0.122 e. The summed E-state index contributed by atoms with van der Waals surface area (Å²) in [5, 5.41) is 0. The van der Waals surface area contributed by atoms with Crippen molar-refractivity contribution in [3.8, 4) is 0 Å². The maximum atomic E-state index is 5.93. The van der Waals surface area contributed by atoms with Crippen molar-refractivity contribution in [2.45, 2.75) is 70.5 Å². The van der Waals surface area contributed by atoms with Crippen molar-refractivity contribution >= 4 is 23.8 Å². The molecule has 0 aliphatic rings. The molecule has 0 saturated carbocycles. The standard InChI is InChI=1S/C12H26OS2/c1-7-9-11(3,4)15-13-12(5,6)14-10-8-2/h7-10H2,1-6H3. The lowest BCUT2D eigenvalue weighted by Crippen LogP contribution is -2.22. The first-order chi connectivity index (χ1) is 6.83. The van der Waals surface area contributed by atoms with Gasteiger partial charge in [-0.25, -0.2) is 0 Å². The zero-order chi connectivity index (χ0) is 11.9. The predicted molar refractivity (Wildman–Crippen MR) is 74.5 cm³/mol. The lowest BCUT2D eigenvalue weighted by molar-refractivity contribution is 0.243. The Labute approximate surface area is 104 Å². The van der Waals surface area contributed by atoms with E-state index in [0.29, 0.717) is 0 Å². The van der Waals surface area contributed by atoms with Gasteiger partial charge in [-0.1, -0.05) is 20.3 Å². The Morgan fingerprint density at radius 2 is 1.60 bits per heavy atom. The maximum absolute atomic E-state index is 5.93. The highest BCUT2D eigenvalue weighted by molar-refractivity contribution is 8.01. The van der Waals surface area contributed by atoms with Gasteiger partial charge in [-0.2, -0.15) is 0 Å². The van der Waals surface area contributed by atoms with Crippen LogP contribution in [0.5, 0.6) is 0 Å². The van der Waals surface area contributed by atoms with Crippen molar-refractivity contribution in [3.05, 3.63) is 0 Å². The Bertz CT molecular complexity index is 167. The Balaban J connectivity index is 3.90. The second-order valence-corrected chi connectivity index (χ2v) is 8.04. The van der Waals surface area contributed by atoms with E-state index in [1.54, 1.807) is 12.0 Å². The van der Waals surface area contributed by atoms with Crippen molar-refractivity contribution in [2.75, 3.05) is 5.75 Å². The van der Waals surface area contributed by atoms with Gasteiger partial charge in [0.1, 0.15) is 4.93 Å². The third-order valence-corrected chi connectivity index (χ3v) is 4.63. The second-order valence-electron chi connectivity index (χ2n) is 4.92. The fraction of sp³-hybridized carbons (Fsp3) is 1.00. The molecule has 15 heavy (non-hydrogen) atoms. The van der Waals surface area contributed by atoms with Gasteiger partial charge in [0.15, 0.2) is 0 Å². The van der Waals surface area contributed by atoms with E-state index in [9.17, 15) is 0 Å². The van der Waals surface area contributed by atoms with Crippen LogP contribution in [-0.4, -0.2) is 15.4 Å². The fourth-order valence-electron chi connectivity index (χ4n) is 1.23. The van der Waals surface area contributed by atoms with E-state index in [1.165, 1.54) is 25.0 Å². The van der Waals surface area contributed by atoms with Gasteiger partial charge in [0.25, 0.3) is 0 Å². The summed E-state index contributed by atoms with van der Waals surface area (Å²) in [6.45, 7) is 13.2. The molecule has 1 nitrogen and oxygen atoms in total. The van der Waals surface area contributed by atoms with Crippen LogP contribution in [0.4, 0.5) is 0 Å². The molecule has 0 amide bonds. The molecule has 0 bridgehead atoms. The highest BCUT2D eigenvalue weighted by Crippen LogP contribution is 2.38. The molecule has 0 fully saturated rings. The summed E-state index contributed by atoms with van der Waals surface area (Å²) in [6, 6.07) is 0. The molecule has 0 unspecified atom stereocenters. The van der Waals surface area contributed by atoms with E-state index in [1.807, 2.05) is 11.8 Å². The molecule has 0 aromatic heterocycles. The quantitative estimate of drug-likeness (QED) is 0.437. The highest BCUT2D eigenvalue weighted by atomic mass is 32.2. The van der Waals surface area contributed by atoms with Gasteiger partial charge in [-0.3, -0.25) is 4.18 Å². The monoisotopic (exact) mass is 250 g/mol. The summed E-state index contributed by atoms with van der Waals surface area (Å²) >= 11 is 3.53. The van der Waals surface area contributed by atoms with Gasteiger partial charge < -0.3 is 0 Å². The Kier molecular flexibility index (Phi) is 7.39. The molecule has 92 valence electrons. The zero-order valence-electron chi connectivity index (χ0n) is 11.1. The molecule has 0 aromatic carbocycles. The first-order valence-electron chi connectivity index (χ1n) is 5.84. The molecular formula is C12H26OS2. The molecule has 0 radical (unpaired) electrons. The lowest BCUT2D eigenvalue weighted by Gasteiger charge is -2.29. The number of rotatable bonds is 8. The van der Waals surface area contributed by atoms with Gasteiger partial charge in [-0.15, -0.1) is 11.8 Å². The van der Waals surface area contributed by atoms with Gasteiger partial charge >= 0.3 is 0 Å². The molecule has 0 spiro atoms. The highest BCUT2D eigenvalue weighted by Gasteiger charge is 2.25. The van der Waals surface area contributed by atoms with Crippen LogP contribution >= 0.6 is 23.8 Å². The summed E-state index contributed by atoms with van der Waals surface area (Å²) < 4.78 is 6.16. The molecule has 3 heteroatoms. The van der Waals surface area contributed by atoms with Crippen LogP contribution in [0.3, 0.4) is 0 Å². The molecule has 0 atom stereocenters. The van der Waals surface area contributed by atoms with E-state index in [-0.39, 0.29) is 9.68 Å². The van der Waals surface area contributed by atoms with E-state index in [4.69, 9.17) is 4.18 Å². The molecule has 0 aromatic rings. The molecule has 0 rings (SSSR count). The minimum Gasteiger partial charge on any atom is -0.298 e. The molecule has 0 saturated heterocycles. The van der Waals surface area contributed by atoms with Crippen LogP contribution in [0.15, 0.2) is 0 Å². The average Bonchev–Trinajstić information content (AvgIpc) is 2.12. The van der Waals surface area contributed by atoms with Crippen LogP contribution in [0, 0.1) is 0 Å². The smallest absolute Gasteiger partial charge is 0.122 e. The van der Waals surface area contributed by atoms with Crippen molar-refractivity contribution in [1.82, 2.24) is 0 Å². The summed E-state index contributed by atoms with van der Waals surface area (Å²) in [5.41, 5.74) is 0. The van der Waals surface area contributed by atoms with Crippen LogP contribution in [0.2, 0.25) is 0 Å². The van der Waals surface area contributed by atoms with Crippen molar-refractivity contribution < 1.29 is 4.18 Å². The number of thioether (sulfide) groups is 1. The van der Waals surface area contributed by atoms with Gasteiger partial charge in [0.05, 0.1) is 0 Å². The van der Waals surface area contributed by atoms with E-state index < -0.39 is 0 Å². The number of hydrogen-bond acceptors (Lipinski definition) is 3. The zero-order valence-corrected chi connectivity index (χ0v) is 12.7. The van der Waals surface area contributed by atoms with Crippen LogP contribution in [0.1, 0.15) is 60.8 Å². The summed E-state index contributed by atoms with van der Waals surface area (Å²) in [5.74, 6) is 1.17. The first-order valence-corrected chi connectivity index (χ1v) is 7.56. The average molecular weight is 250 g/mol. The largest absolute Gasteiger partial charge is 0.298 e. The summed E-state index contributed by atoms with van der Waals surface area (Å²) in [7, 11) is 0. The lowest BCUT2D eigenvalue weighted by atomic mass is 10.1. The molecule has 0 heterocycles. The van der Waals surface area contributed by atoms with E-state index >= 15 is 0 Å². The van der Waals surface area contributed by atoms with Gasteiger partial charge in [0.2, 0.25) is 0 Å². The van der Waals surface area contributed by atoms with Gasteiger partial charge in [-0.05, 0) is 58.3 Å².